The molecule has 0 bridgehead atoms. The second kappa shape index (κ2) is 13.9. The normalized spacial score (nSPS) is 30.2. The summed E-state index contributed by atoms with van der Waals surface area (Å²) in [5.74, 6) is 1.16. The molecule has 0 fully saturated rings. The molecule has 0 radical (unpaired) electrons. The zero-order valence-electron chi connectivity index (χ0n) is 19.8. The van der Waals surface area contributed by atoms with Crippen molar-refractivity contribution >= 4 is 37.2 Å². The fraction of sp³-hybridized carbons (Fsp3) is 0.682. The summed E-state index contributed by atoms with van der Waals surface area (Å²) >= 11 is 5.30. The Morgan fingerprint density at radius 3 is 1.06 bits per heavy atom. The van der Waals surface area contributed by atoms with Gasteiger partial charge in [-0.25, -0.2) is 21.3 Å². The zero-order chi connectivity index (χ0) is 23.1. The van der Waals surface area contributed by atoms with Crippen LogP contribution in [0.5, 0.6) is 0 Å². The summed E-state index contributed by atoms with van der Waals surface area (Å²) in [4.78, 5) is 0. The standard InChI is InChI=1S/C22H33N6.I3.Ti/c1-7-16-13-20(10-4,26-23-16)19(21(11-5)14-17(8-2)24-27-21)22(12-6)15-18(9-3)25-28-22;1-3-2;/h13-15H,7-12H2,1-6H3;;/q2*-1;. The smallest absolute Gasteiger partial charge is 0 e. The Kier molecular flexibility index (Phi) is 13.4. The summed E-state index contributed by atoms with van der Waals surface area (Å²) in [7, 11) is 0. The van der Waals surface area contributed by atoms with Crippen LogP contribution in [0.1, 0.15) is 80.1 Å². The predicted octanol–water partition coefficient (Wildman–Crippen LogP) is 6.06. The molecule has 0 spiro atoms. The molecule has 0 aromatic carbocycles. The van der Waals surface area contributed by atoms with E-state index < -0.39 is 16.6 Å². The molecule has 3 aliphatic heterocycles. The molecule has 3 atom stereocenters. The minimum absolute atomic E-state index is 0. The Hall–Kier alpha value is 0.924. The van der Waals surface area contributed by atoms with E-state index in [9.17, 15) is 0 Å². The van der Waals surface area contributed by atoms with Gasteiger partial charge in [0.15, 0.2) is 0 Å². The molecule has 32 heavy (non-hydrogen) atoms. The van der Waals surface area contributed by atoms with Crippen LogP contribution in [0.15, 0.2) is 66.0 Å². The number of rotatable bonds is 9. The molecular weight excluding hydrogens is 777 g/mol. The quantitative estimate of drug-likeness (QED) is 0.155. The monoisotopic (exact) mass is 810 g/mol. The first-order chi connectivity index (χ1) is 14.9. The maximum Gasteiger partial charge on any atom is 0 e. The van der Waals surface area contributed by atoms with Crippen LogP contribution >= 0.6 is 37.2 Å². The molecule has 0 aromatic rings. The van der Waals surface area contributed by atoms with Gasteiger partial charge in [0.05, 0.1) is 17.1 Å². The second-order valence-corrected chi connectivity index (χ2v) is 24.1. The van der Waals surface area contributed by atoms with Gasteiger partial charge in [0.2, 0.25) is 0 Å². The van der Waals surface area contributed by atoms with E-state index in [1.165, 1.54) is 0 Å². The summed E-state index contributed by atoms with van der Waals surface area (Å²) in [5, 5.41) is 28.1. The van der Waals surface area contributed by atoms with Crippen molar-refractivity contribution in [3.05, 3.63) is 41.2 Å². The zero-order valence-corrected chi connectivity index (χ0v) is 27.8. The topological polar surface area (TPSA) is 74.2 Å². The van der Waals surface area contributed by atoms with Gasteiger partial charge in [-0.3, -0.25) is 0 Å². The summed E-state index contributed by atoms with van der Waals surface area (Å²) in [6.07, 6.45) is 11.7. The summed E-state index contributed by atoms with van der Waals surface area (Å²) in [6.45, 7) is 12.9. The molecule has 0 aliphatic carbocycles. The fourth-order valence-corrected chi connectivity index (χ4v) is 4.52. The van der Waals surface area contributed by atoms with E-state index in [4.69, 9.17) is 15.3 Å². The molecule has 0 N–H and O–H groups in total. The molecular formula is C22H33I3N6Ti-2. The SMILES string of the molecule is CCC1=CC(CC)([C-](C2(CC)C=C(CC)N=N2)C2(CC)C=C(CC)N=N2)N=N1.I[I-]I.[Ti]. The average molecular weight is 810 g/mol. The number of hydrogen-bond donors (Lipinski definition) is 0. The van der Waals surface area contributed by atoms with Crippen LogP contribution in [-0.4, -0.2) is 16.6 Å². The van der Waals surface area contributed by atoms with Crippen LogP contribution in [0, 0.1) is 5.92 Å². The largest absolute Gasteiger partial charge is 0 e. The van der Waals surface area contributed by atoms with Crippen LogP contribution < -0.4 is 13.3 Å². The van der Waals surface area contributed by atoms with E-state index in [2.05, 4.69) is 112 Å². The molecule has 3 heterocycles. The van der Waals surface area contributed by atoms with Gasteiger partial charge in [-0.1, -0.05) is 79.0 Å². The molecule has 0 amide bonds. The van der Waals surface area contributed by atoms with Crippen LogP contribution in [-0.2, 0) is 21.7 Å². The molecule has 3 rings (SSSR count). The molecule has 10 heteroatoms. The summed E-state index contributed by atoms with van der Waals surface area (Å²) < 4.78 is 0. The van der Waals surface area contributed by atoms with E-state index in [1.54, 1.807) is 0 Å². The van der Waals surface area contributed by atoms with Crippen molar-refractivity contribution in [2.45, 2.75) is 96.7 Å². The number of azo groups is 3. The Labute approximate surface area is 238 Å². The predicted molar refractivity (Wildman–Crippen MR) is 140 cm³/mol. The van der Waals surface area contributed by atoms with Crippen LogP contribution in [0.2, 0.25) is 0 Å². The van der Waals surface area contributed by atoms with E-state index in [0.29, 0.717) is 13.3 Å². The first-order valence-corrected chi connectivity index (χ1v) is 23.6. The maximum absolute atomic E-state index is 4.85. The van der Waals surface area contributed by atoms with E-state index in [0.717, 1.165) is 61.5 Å². The third-order valence-electron chi connectivity index (χ3n) is 6.29. The molecule has 3 unspecified atom stereocenters. The molecule has 0 saturated heterocycles. The van der Waals surface area contributed by atoms with Crippen LogP contribution in [0.4, 0.5) is 0 Å². The minimum atomic E-state index is -0.533. The average Bonchev–Trinajstić information content (AvgIpc) is 3.53. The third kappa shape index (κ3) is 6.18. The Balaban J connectivity index is 0.00000121. The molecule has 6 nitrogen and oxygen atoms in total. The van der Waals surface area contributed by atoms with Gasteiger partial charge in [0, 0.05) is 21.7 Å². The van der Waals surface area contributed by atoms with Crippen molar-refractivity contribution in [3.63, 3.8) is 0 Å². The van der Waals surface area contributed by atoms with Crippen molar-refractivity contribution in [1.29, 1.82) is 0 Å². The van der Waals surface area contributed by atoms with E-state index >= 15 is 0 Å². The van der Waals surface area contributed by atoms with E-state index in [1.807, 2.05) is 0 Å². The summed E-state index contributed by atoms with van der Waals surface area (Å²) in [5.41, 5.74) is 1.49. The molecule has 0 saturated carbocycles. The van der Waals surface area contributed by atoms with Gasteiger partial charge in [-0.15, -0.1) is 0 Å². The summed E-state index contributed by atoms with van der Waals surface area (Å²) in [6, 6.07) is 0. The van der Waals surface area contributed by atoms with Crippen molar-refractivity contribution in [1.82, 2.24) is 0 Å². The number of halogens is 3. The molecule has 3 aliphatic rings. The first kappa shape index (κ1) is 31.0. The van der Waals surface area contributed by atoms with Crippen LogP contribution in [0.25, 0.3) is 0 Å². The van der Waals surface area contributed by atoms with Crippen molar-refractivity contribution in [2.75, 3.05) is 0 Å². The van der Waals surface area contributed by atoms with Gasteiger partial charge in [0.25, 0.3) is 0 Å². The van der Waals surface area contributed by atoms with Gasteiger partial charge in [0.1, 0.15) is 0 Å². The molecule has 0 aromatic heterocycles. The van der Waals surface area contributed by atoms with E-state index in [-0.39, 0.29) is 21.7 Å². The number of hydrogen-bond acceptors (Lipinski definition) is 6. The molecule has 178 valence electrons. The van der Waals surface area contributed by atoms with Crippen molar-refractivity contribution in [3.8, 4) is 0 Å². The van der Waals surface area contributed by atoms with Crippen LogP contribution in [0.3, 0.4) is 0 Å². The van der Waals surface area contributed by atoms with Gasteiger partial charge in [-0.2, -0.15) is 15.3 Å². The minimum Gasteiger partial charge on any atom is 0 e. The van der Waals surface area contributed by atoms with Gasteiger partial charge >= 0.3 is 50.5 Å². The fourth-order valence-electron chi connectivity index (χ4n) is 4.52. The Morgan fingerprint density at radius 2 is 0.906 bits per heavy atom. The Bertz CT molecular complexity index is 720. The number of nitrogens with zero attached hydrogens (tertiary/aromatic N) is 6. The number of allylic oxidation sites excluding steroid dienone is 3. The van der Waals surface area contributed by atoms with Gasteiger partial charge < -0.3 is 0 Å². The van der Waals surface area contributed by atoms with Crippen molar-refractivity contribution < 1.29 is 35.0 Å². The first-order valence-electron chi connectivity index (χ1n) is 11.1. The third-order valence-corrected chi connectivity index (χ3v) is 6.29. The van der Waals surface area contributed by atoms with Gasteiger partial charge in [-0.05, 0) is 35.9 Å². The second-order valence-electron chi connectivity index (χ2n) is 7.83. The Morgan fingerprint density at radius 1 is 0.656 bits per heavy atom. The van der Waals surface area contributed by atoms with Crippen molar-refractivity contribution in [2.24, 2.45) is 30.7 Å². The maximum atomic E-state index is 4.85.